The lowest BCUT2D eigenvalue weighted by Gasteiger charge is -2.39. The molecule has 1 aliphatic rings. The fourth-order valence-corrected chi connectivity index (χ4v) is 4.36. The van der Waals surface area contributed by atoms with Crippen LogP contribution >= 0.6 is 0 Å². The minimum atomic E-state index is -1.59. The highest BCUT2D eigenvalue weighted by atomic mass is 16.7. The van der Waals surface area contributed by atoms with Crippen LogP contribution in [0.2, 0.25) is 0 Å². The number of carbonyl (C=O) groups is 2. The Bertz CT molecular complexity index is 683. The van der Waals surface area contributed by atoms with Gasteiger partial charge in [-0.05, 0) is 38.5 Å². The van der Waals surface area contributed by atoms with Gasteiger partial charge in [-0.3, -0.25) is 9.59 Å². The zero-order chi connectivity index (χ0) is 29.6. The van der Waals surface area contributed by atoms with E-state index in [-0.39, 0.29) is 26.1 Å². The molecule has 234 valence electrons. The van der Waals surface area contributed by atoms with Crippen LogP contribution in [0.25, 0.3) is 0 Å². The van der Waals surface area contributed by atoms with Gasteiger partial charge >= 0.3 is 11.9 Å². The smallest absolute Gasteiger partial charge is 0.306 e. The van der Waals surface area contributed by atoms with E-state index in [1.165, 1.54) is 19.3 Å². The molecule has 1 heterocycles. The average Bonchev–Trinajstić information content (AvgIpc) is 2.94. The number of hydrogen-bond donors (Lipinski definition) is 4. The Balaban J connectivity index is 2.44. The van der Waals surface area contributed by atoms with Gasteiger partial charge in [-0.1, -0.05) is 70.9 Å². The Morgan fingerprint density at radius 2 is 1.32 bits per heavy atom. The van der Waals surface area contributed by atoms with Crippen LogP contribution in [0.15, 0.2) is 12.2 Å². The van der Waals surface area contributed by atoms with Crippen molar-refractivity contribution in [3.63, 3.8) is 0 Å². The van der Waals surface area contributed by atoms with Crippen molar-refractivity contribution in [3.05, 3.63) is 12.2 Å². The highest BCUT2D eigenvalue weighted by molar-refractivity contribution is 5.70. The van der Waals surface area contributed by atoms with Crippen molar-refractivity contribution in [1.29, 1.82) is 0 Å². The number of aliphatic hydroxyl groups is 4. The molecule has 40 heavy (non-hydrogen) atoms. The quantitative estimate of drug-likeness (QED) is 0.0807. The van der Waals surface area contributed by atoms with E-state index in [1.54, 1.807) is 0 Å². The lowest BCUT2D eigenvalue weighted by Crippen LogP contribution is -2.59. The summed E-state index contributed by atoms with van der Waals surface area (Å²) in [6.45, 7) is 3.15. The van der Waals surface area contributed by atoms with Gasteiger partial charge in [-0.25, -0.2) is 0 Å². The Morgan fingerprint density at radius 3 is 2.00 bits per heavy atom. The number of rotatable bonds is 23. The van der Waals surface area contributed by atoms with Gasteiger partial charge in [-0.15, -0.1) is 0 Å². The van der Waals surface area contributed by atoms with Gasteiger partial charge in [0.2, 0.25) is 0 Å². The lowest BCUT2D eigenvalue weighted by molar-refractivity contribution is -0.305. The lowest BCUT2D eigenvalue weighted by atomic mass is 9.99. The zero-order valence-corrected chi connectivity index (χ0v) is 24.6. The van der Waals surface area contributed by atoms with Crippen molar-refractivity contribution >= 4 is 11.9 Å². The number of esters is 2. The number of ether oxygens (including phenoxy) is 4. The minimum absolute atomic E-state index is 0.221. The summed E-state index contributed by atoms with van der Waals surface area (Å²) in [6.07, 6.45) is 10.4. The van der Waals surface area contributed by atoms with Crippen LogP contribution in [-0.4, -0.2) is 89.0 Å². The molecule has 0 amide bonds. The second-order valence-electron chi connectivity index (χ2n) is 10.6. The van der Waals surface area contributed by atoms with Gasteiger partial charge in [0.15, 0.2) is 12.4 Å². The van der Waals surface area contributed by atoms with Crippen LogP contribution in [-0.2, 0) is 28.5 Å². The summed E-state index contributed by atoms with van der Waals surface area (Å²) in [5.74, 6) is -0.849. The molecule has 0 aromatic heterocycles. The van der Waals surface area contributed by atoms with Gasteiger partial charge in [0, 0.05) is 12.8 Å². The van der Waals surface area contributed by atoms with E-state index in [1.807, 2.05) is 6.92 Å². The molecule has 0 bridgehead atoms. The normalized spacial score (nSPS) is 23.8. The van der Waals surface area contributed by atoms with Crippen molar-refractivity contribution < 1.29 is 49.0 Å². The number of unbranched alkanes of at least 4 members (excludes halogenated alkanes) is 10. The highest BCUT2D eigenvalue weighted by Gasteiger charge is 2.44. The van der Waals surface area contributed by atoms with Crippen LogP contribution in [0.5, 0.6) is 0 Å². The monoisotopic (exact) mass is 574 g/mol. The molecule has 1 fully saturated rings. The third-order valence-electron chi connectivity index (χ3n) is 6.90. The first kappa shape index (κ1) is 36.5. The predicted molar refractivity (Wildman–Crippen MR) is 150 cm³/mol. The first-order valence-electron chi connectivity index (χ1n) is 15.3. The van der Waals surface area contributed by atoms with Crippen LogP contribution in [0.4, 0.5) is 0 Å². The predicted octanol–water partition coefficient (Wildman–Crippen LogP) is 3.71. The third kappa shape index (κ3) is 16.0. The summed E-state index contributed by atoms with van der Waals surface area (Å²) >= 11 is 0. The fourth-order valence-electron chi connectivity index (χ4n) is 4.36. The van der Waals surface area contributed by atoms with Gasteiger partial charge in [0.1, 0.15) is 31.0 Å². The largest absolute Gasteiger partial charge is 0.462 e. The van der Waals surface area contributed by atoms with E-state index >= 15 is 0 Å². The molecule has 10 nitrogen and oxygen atoms in total. The van der Waals surface area contributed by atoms with E-state index in [0.29, 0.717) is 12.8 Å². The zero-order valence-electron chi connectivity index (χ0n) is 24.6. The van der Waals surface area contributed by atoms with Crippen LogP contribution in [0, 0.1) is 0 Å². The third-order valence-corrected chi connectivity index (χ3v) is 6.90. The second kappa shape index (κ2) is 23.1. The molecule has 0 aliphatic carbocycles. The summed E-state index contributed by atoms with van der Waals surface area (Å²) in [5, 5.41) is 39.5. The van der Waals surface area contributed by atoms with E-state index < -0.39 is 55.4 Å². The number of allylic oxidation sites excluding steroid dienone is 2. The summed E-state index contributed by atoms with van der Waals surface area (Å²) < 4.78 is 21.7. The van der Waals surface area contributed by atoms with E-state index in [9.17, 15) is 30.0 Å². The molecule has 0 radical (unpaired) electrons. The van der Waals surface area contributed by atoms with E-state index in [4.69, 9.17) is 18.9 Å². The summed E-state index contributed by atoms with van der Waals surface area (Å²) in [4.78, 5) is 24.5. The summed E-state index contributed by atoms with van der Waals surface area (Å²) in [5.41, 5.74) is 0. The Kier molecular flexibility index (Phi) is 21.0. The van der Waals surface area contributed by atoms with Crippen molar-refractivity contribution in [1.82, 2.24) is 0 Å². The average molecular weight is 575 g/mol. The molecule has 0 spiro atoms. The highest BCUT2D eigenvalue weighted by Crippen LogP contribution is 2.22. The van der Waals surface area contributed by atoms with Crippen LogP contribution in [0.1, 0.15) is 110 Å². The van der Waals surface area contributed by atoms with Gasteiger partial charge in [0.05, 0.1) is 13.2 Å². The molecular weight excluding hydrogens is 520 g/mol. The van der Waals surface area contributed by atoms with Gasteiger partial charge in [0.25, 0.3) is 0 Å². The maximum absolute atomic E-state index is 12.5. The van der Waals surface area contributed by atoms with Gasteiger partial charge in [-0.2, -0.15) is 0 Å². The van der Waals surface area contributed by atoms with Crippen LogP contribution in [0.3, 0.4) is 0 Å². The molecule has 6 atom stereocenters. The van der Waals surface area contributed by atoms with Gasteiger partial charge < -0.3 is 39.4 Å². The molecule has 10 heteroatoms. The van der Waals surface area contributed by atoms with Crippen molar-refractivity contribution in [2.45, 2.75) is 147 Å². The Labute approximate surface area is 240 Å². The Morgan fingerprint density at radius 1 is 0.750 bits per heavy atom. The van der Waals surface area contributed by atoms with Crippen molar-refractivity contribution in [2.75, 3.05) is 19.8 Å². The SMILES string of the molecule is CCCCC/C=C\CCCCCCCC(=O)OC(COC(=O)CCCCC)COC1OC(CO)C(O)C(O)C1O. The molecule has 6 unspecified atom stereocenters. The topological polar surface area (TPSA) is 152 Å². The first-order valence-corrected chi connectivity index (χ1v) is 15.3. The molecule has 0 saturated carbocycles. The molecule has 0 aromatic rings. The standard InChI is InChI=1S/C30H54O10/c1-3-5-7-8-9-10-11-12-13-14-15-17-19-26(33)39-23(21-37-25(32)18-16-6-4-2)22-38-30-29(36)28(35)27(34)24(20-31)40-30/h9-10,23-24,27-31,34-36H,3-8,11-22H2,1-2H3/b10-9-. The first-order chi connectivity index (χ1) is 19.3. The minimum Gasteiger partial charge on any atom is -0.462 e. The summed E-state index contributed by atoms with van der Waals surface area (Å²) in [7, 11) is 0. The fraction of sp³-hybridized carbons (Fsp3) is 0.867. The molecule has 1 aliphatic heterocycles. The molecule has 0 aromatic carbocycles. The number of carbonyl (C=O) groups excluding carboxylic acids is 2. The molecule has 1 saturated heterocycles. The van der Waals surface area contributed by atoms with E-state index in [0.717, 1.165) is 51.4 Å². The maximum atomic E-state index is 12.5. The molecule has 4 N–H and O–H groups in total. The Hall–Kier alpha value is -1.56. The molecule has 1 rings (SSSR count). The maximum Gasteiger partial charge on any atom is 0.306 e. The number of hydrogen-bond acceptors (Lipinski definition) is 10. The van der Waals surface area contributed by atoms with Crippen LogP contribution < -0.4 is 0 Å². The van der Waals surface area contributed by atoms with E-state index in [2.05, 4.69) is 19.1 Å². The second-order valence-corrected chi connectivity index (χ2v) is 10.6. The summed E-state index contributed by atoms with van der Waals surface area (Å²) in [6, 6.07) is 0. The van der Waals surface area contributed by atoms with Crippen molar-refractivity contribution in [2.24, 2.45) is 0 Å². The molecular formula is C30H54O10. The number of aliphatic hydroxyl groups excluding tert-OH is 4. The van der Waals surface area contributed by atoms with Crippen molar-refractivity contribution in [3.8, 4) is 0 Å².